The molecule has 0 saturated heterocycles. The van der Waals surface area contributed by atoms with Gasteiger partial charge in [-0.05, 0) is 51.2 Å². The highest BCUT2D eigenvalue weighted by Crippen LogP contribution is 2.47. The number of methoxy groups -OCH3 is 1. The first-order valence-corrected chi connectivity index (χ1v) is 14.5. The van der Waals surface area contributed by atoms with E-state index in [0.29, 0.717) is 35.1 Å². The molecule has 3 atom stereocenters. The Morgan fingerprint density at radius 2 is 1.97 bits per heavy atom. The van der Waals surface area contributed by atoms with Crippen LogP contribution in [0.5, 0.6) is 5.75 Å². The first-order chi connectivity index (χ1) is 18.7. The van der Waals surface area contributed by atoms with Crippen molar-refractivity contribution in [1.82, 2.24) is 24.6 Å². The highest BCUT2D eigenvalue weighted by atomic mass is 31.2. The van der Waals surface area contributed by atoms with Crippen LogP contribution in [0.3, 0.4) is 0 Å². The number of hydrogen-bond donors (Lipinski definition) is 3. The minimum Gasteiger partial charge on any atom is -0.468 e. The van der Waals surface area contributed by atoms with Crippen molar-refractivity contribution in [2.45, 2.75) is 44.7 Å². The van der Waals surface area contributed by atoms with E-state index >= 15 is 0 Å². The highest BCUT2D eigenvalue weighted by Gasteiger charge is 2.40. The summed E-state index contributed by atoms with van der Waals surface area (Å²) in [4.78, 5) is 25.6. The lowest BCUT2D eigenvalue weighted by molar-refractivity contribution is -0.146. The second-order valence-electron chi connectivity index (χ2n) is 10.5. The van der Waals surface area contributed by atoms with E-state index in [-0.39, 0.29) is 24.5 Å². The second kappa shape index (κ2) is 11.0. The minimum absolute atomic E-state index is 0.0527. The van der Waals surface area contributed by atoms with Gasteiger partial charge in [-0.1, -0.05) is 30.4 Å². The monoisotopic (exact) mass is 555 g/mol. The lowest BCUT2D eigenvalue weighted by Gasteiger charge is -2.29. The van der Waals surface area contributed by atoms with E-state index in [2.05, 4.69) is 25.4 Å². The maximum absolute atomic E-state index is 13.8. The number of aromatic nitrogens is 4. The number of anilines is 2. The van der Waals surface area contributed by atoms with Crippen molar-refractivity contribution in [2.75, 3.05) is 31.3 Å². The Bertz CT molecular complexity index is 1410. The molecule has 0 radical (unpaired) electrons. The van der Waals surface area contributed by atoms with Crippen LogP contribution in [-0.2, 0) is 18.6 Å². The Morgan fingerprint density at radius 1 is 1.21 bits per heavy atom. The number of esters is 1. The minimum atomic E-state index is -3.97. The van der Waals surface area contributed by atoms with Crippen molar-refractivity contribution in [3.8, 4) is 5.75 Å². The fourth-order valence-electron chi connectivity index (χ4n) is 4.48. The molecule has 13 heteroatoms. The molecule has 1 fully saturated rings. The van der Waals surface area contributed by atoms with Crippen molar-refractivity contribution in [2.24, 2.45) is 11.8 Å². The molecule has 0 bridgehead atoms. The van der Waals surface area contributed by atoms with Gasteiger partial charge in [0, 0.05) is 12.5 Å². The van der Waals surface area contributed by atoms with Crippen molar-refractivity contribution in [1.29, 1.82) is 0 Å². The summed E-state index contributed by atoms with van der Waals surface area (Å²) in [5.74, 6) is 1.18. The SMILES string of the molecule is COC(=O)C(C)(C)NP(=O)(OC[C@@H]1C=C[C@H](n2cnc3c(NCC4CC4)nc(N)nc32)C1)Oc1ccccc1. The molecule has 5 rings (SSSR count). The van der Waals surface area contributed by atoms with Crippen LogP contribution >= 0.6 is 7.75 Å². The van der Waals surface area contributed by atoms with Gasteiger partial charge in [0.25, 0.3) is 0 Å². The first-order valence-electron chi connectivity index (χ1n) is 12.9. The van der Waals surface area contributed by atoms with Gasteiger partial charge in [-0.2, -0.15) is 15.1 Å². The quantitative estimate of drug-likeness (QED) is 0.168. The van der Waals surface area contributed by atoms with Crippen LogP contribution in [0.25, 0.3) is 11.2 Å². The molecule has 2 heterocycles. The first kappa shape index (κ1) is 27.1. The number of carbonyl (C=O) groups is 1. The molecule has 12 nitrogen and oxygen atoms in total. The van der Waals surface area contributed by atoms with Crippen LogP contribution < -0.4 is 20.7 Å². The molecule has 3 aromatic rings. The Kier molecular flexibility index (Phi) is 7.61. The number of nitrogens with one attached hydrogen (secondary N) is 2. The summed E-state index contributed by atoms with van der Waals surface area (Å²) in [6.45, 7) is 4.05. The number of imidazole rings is 1. The van der Waals surface area contributed by atoms with Crippen molar-refractivity contribution in [3.05, 3.63) is 48.8 Å². The molecule has 0 aliphatic heterocycles. The topological polar surface area (TPSA) is 156 Å². The van der Waals surface area contributed by atoms with Gasteiger partial charge in [0.2, 0.25) is 5.95 Å². The summed E-state index contributed by atoms with van der Waals surface area (Å²) < 4.78 is 32.3. The molecule has 39 heavy (non-hydrogen) atoms. The maximum Gasteiger partial charge on any atom is 0.459 e. The standard InChI is InChI=1S/C26H34N7O5P/c1-26(2,24(34)36-3)32-39(35,38-20-7-5-4-6-8-20)37-15-18-11-12-19(13-18)33-16-29-21-22(28-14-17-9-10-17)30-25(27)31-23(21)33/h4-8,11-12,16-19H,9-10,13-15H2,1-3H3,(H,32,35)(H3,27,28,30,31)/t18-,19+,39?/m1/s1. The van der Waals surface area contributed by atoms with Crippen molar-refractivity contribution >= 4 is 36.6 Å². The average molecular weight is 556 g/mol. The van der Waals surface area contributed by atoms with E-state index in [0.717, 1.165) is 6.54 Å². The third-order valence-corrected chi connectivity index (χ3v) is 8.51. The number of carbonyl (C=O) groups excluding carboxylic acids is 1. The number of nitrogens with two attached hydrogens (primary N) is 1. The molecule has 208 valence electrons. The van der Waals surface area contributed by atoms with Gasteiger partial charge >= 0.3 is 13.7 Å². The predicted octanol–water partition coefficient (Wildman–Crippen LogP) is 4.09. The molecule has 1 unspecified atom stereocenters. The van der Waals surface area contributed by atoms with Crippen LogP contribution in [0, 0.1) is 11.8 Å². The Morgan fingerprint density at radius 3 is 2.69 bits per heavy atom. The third kappa shape index (κ3) is 6.41. The van der Waals surface area contributed by atoms with Gasteiger partial charge in [0.1, 0.15) is 11.3 Å². The van der Waals surface area contributed by atoms with Gasteiger partial charge < -0.3 is 24.9 Å². The normalized spacial score (nSPS) is 20.6. The van der Waals surface area contributed by atoms with E-state index in [4.69, 9.17) is 19.5 Å². The predicted molar refractivity (Wildman–Crippen MR) is 147 cm³/mol. The summed E-state index contributed by atoms with van der Waals surface area (Å²) in [5, 5.41) is 6.11. The van der Waals surface area contributed by atoms with Crippen LogP contribution in [-0.4, -0.2) is 51.3 Å². The van der Waals surface area contributed by atoms with E-state index in [1.165, 1.54) is 20.0 Å². The zero-order chi connectivity index (χ0) is 27.6. The van der Waals surface area contributed by atoms with Crippen molar-refractivity contribution in [3.63, 3.8) is 0 Å². The Hall–Kier alpha value is -3.47. The summed E-state index contributed by atoms with van der Waals surface area (Å²) in [7, 11) is -2.71. The van der Waals surface area contributed by atoms with Crippen LogP contribution in [0.1, 0.15) is 39.2 Å². The number of allylic oxidation sites excluding steroid dienone is 1. The molecule has 0 spiro atoms. The molecule has 0 amide bonds. The number of fused-ring (bicyclic) bond motifs is 1. The molecule has 1 aromatic carbocycles. The Labute approximate surface area is 226 Å². The number of nitrogen functional groups attached to an aromatic ring is 1. The number of para-hydroxylation sites is 1. The smallest absolute Gasteiger partial charge is 0.459 e. The van der Waals surface area contributed by atoms with Crippen LogP contribution in [0.2, 0.25) is 0 Å². The Balaban J connectivity index is 1.28. The molecular weight excluding hydrogens is 521 g/mol. The van der Waals surface area contributed by atoms with E-state index in [9.17, 15) is 9.36 Å². The molecular formula is C26H34N7O5P. The van der Waals surface area contributed by atoms with E-state index < -0.39 is 19.3 Å². The fraction of sp³-hybridized carbons (Fsp3) is 0.462. The summed E-state index contributed by atoms with van der Waals surface area (Å²) in [5.41, 5.74) is 6.03. The van der Waals surface area contributed by atoms with Gasteiger partial charge in [-0.15, -0.1) is 0 Å². The number of hydrogen-bond acceptors (Lipinski definition) is 10. The molecule has 4 N–H and O–H groups in total. The molecule has 2 aliphatic rings. The highest BCUT2D eigenvalue weighted by molar-refractivity contribution is 7.52. The number of ether oxygens (including phenoxy) is 1. The van der Waals surface area contributed by atoms with Gasteiger partial charge in [0.05, 0.1) is 26.1 Å². The summed E-state index contributed by atoms with van der Waals surface area (Å²) >= 11 is 0. The van der Waals surface area contributed by atoms with E-state index in [1.807, 2.05) is 22.8 Å². The largest absolute Gasteiger partial charge is 0.468 e. The number of nitrogens with zero attached hydrogens (tertiary/aromatic N) is 4. The fourth-order valence-corrected chi connectivity index (χ4v) is 6.21. The lowest BCUT2D eigenvalue weighted by Crippen LogP contribution is -2.46. The van der Waals surface area contributed by atoms with Crippen molar-refractivity contribution < 1.29 is 23.1 Å². The zero-order valence-electron chi connectivity index (χ0n) is 22.2. The number of benzene rings is 1. The molecule has 2 aromatic heterocycles. The van der Waals surface area contributed by atoms with Gasteiger partial charge in [-0.3, -0.25) is 9.32 Å². The zero-order valence-corrected chi connectivity index (χ0v) is 23.1. The second-order valence-corrected chi connectivity index (χ2v) is 12.1. The van der Waals surface area contributed by atoms with Crippen LogP contribution in [0.4, 0.5) is 11.8 Å². The lowest BCUT2D eigenvalue weighted by atomic mass is 10.1. The third-order valence-electron chi connectivity index (χ3n) is 6.74. The summed E-state index contributed by atoms with van der Waals surface area (Å²) in [6.07, 6.45) is 8.89. The molecule has 2 aliphatic carbocycles. The van der Waals surface area contributed by atoms with Gasteiger partial charge in [-0.25, -0.2) is 9.55 Å². The summed E-state index contributed by atoms with van der Waals surface area (Å²) in [6, 6.07) is 8.61. The average Bonchev–Trinajstić information content (AvgIpc) is 3.45. The molecule has 1 saturated carbocycles. The van der Waals surface area contributed by atoms with E-state index in [1.54, 1.807) is 44.4 Å². The number of rotatable bonds is 12. The van der Waals surface area contributed by atoms with Gasteiger partial charge in [0.15, 0.2) is 17.0 Å². The maximum atomic E-state index is 13.8. The van der Waals surface area contributed by atoms with Crippen LogP contribution in [0.15, 0.2) is 48.8 Å².